The van der Waals surface area contributed by atoms with E-state index in [9.17, 15) is 9.59 Å². The summed E-state index contributed by atoms with van der Waals surface area (Å²) in [7, 11) is 3.19. The Bertz CT molecular complexity index is 1520. The fraction of sp³-hybridized carbons (Fsp3) is 0.235. The van der Waals surface area contributed by atoms with Crippen LogP contribution in [0.25, 0.3) is 0 Å². The van der Waals surface area contributed by atoms with Crippen LogP contribution in [0.5, 0.6) is 11.5 Å². The van der Waals surface area contributed by atoms with Gasteiger partial charge in [0.1, 0.15) is 0 Å². The molecule has 0 atom stereocenters. The molecule has 1 heterocycles. The average Bonchev–Trinajstić information content (AvgIpc) is 3.01. The van der Waals surface area contributed by atoms with E-state index in [1.165, 1.54) is 11.1 Å². The maximum Gasteiger partial charge on any atom is 0.255 e. The number of hydrogen-bond acceptors (Lipinski definition) is 5. The highest BCUT2D eigenvalue weighted by atomic mass is 16.5. The highest BCUT2D eigenvalue weighted by molar-refractivity contribution is 6.09. The topological polar surface area (TPSA) is 79.9 Å². The molecule has 210 valence electrons. The molecule has 7 nitrogen and oxygen atoms in total. The Balaban J connectivity index is 1.16. The second-order valence-corrected chi connectivity index (χ2v) is 10.1. The minimum Gasteiger partial charge on any atom is -0.493 e. The minimum absolute atomic E-state index is 0.250. The molecular weight excluding hydrogens is 514 g/mol. The van der Waals surface area contributed by atoms with Crippen LogP contribution in [0.2, 0.25) is 0 Å². The van der Waals surface area contributed by atoms with Crippen molar-refractivity contribution in [1.82, 2.24) is 10.2 Å². The van der Waals surface area contributed by atoms with Crippen molar-refractivity contribution in [3.05, 3.63) is 124 Å². The molecule has 2 amide bonds. The van der Waals surface area contributed by atoms with Gasteiger partial charge in [-0.2, -0.15) is 0 Å². The SMILES string of the molecule is COc1ccc(CCNC(=O)c2ccccc2NC(=O)c2ccc(CN3CCc4ccccc4C3)cc2)cc1OC. The first-order chi connectivity index (χ1) is 20.0. The molecule has 4 aromatic rings. The average molecular weight is 550 g/mol. The number of carbonyl (C=O) groups excluding carboxylic acids is 2. The van der Waals surface area contributed by atoms with E-state index < -0.39 is 0 Å². The Morgan fingerprint density at radius 1 is 0.780 bits per heavy atom. The third-order valence-electron chi connectivity index (χ3n) is 7.40. The van der Waals surface area contributed by atoms with Crippen molar-refractivity contribution in [2.24, 2.45) is 0 Å². The molecule has 2 N–H and O–H groups in total. The number of rotatable bonds is 10. The summed E-state index contributed by atoms with van der Waals surface area (Å²) in [6.07, 6.45) is 1.68. The van der Waals surface area contributed by atoms with Gasteiger partial charge in [0.25, 0.3) is 11.8 Å². The molecule has 0 aliphatic carbocycles. The number of nitrogens with zero attached hydrogens (tertiary/aromatic N) is 1. The summed E-state index contributed by atoms with van der Waals surface area (Å²) in [6, 6.07) is 29.0. The maximum absolute atomic E-state index is 13.1. The lowest BCUT2D eigenvalue weighted by molar-refractivity contribution is 0.0955. The third-order valence-corrected chi connectivity index (χ3v) is 7.40. The molecular formula is C34H35N3O4. The second kappa shape index (κ2) is 13.2. The van der Waals surface area contributed by atoms with E-state index in [0.717, 1.165) is 37.2 Å². The molecule has 0 bridgehead atoms. The zero-order valence-corrected chi connectivity index (χ0v) is 23.5. The Morgan fingerprint density at radius 3 is 2.27 bits per heavy atom. The summed E-state index contributed by atoms with van der Waals surface area (Å²) < 4.78 is 10.6. The van der Waals surface area contributed by atoms with E-state index in [1.807, 2.05) is 42.5 Å². The summed E-state index contributed by atoms with van der Waals surface area (Å²) >= 11 is 0. The second-order valence-electron chi connectivity index (χ2n) is 10.1. The number of methoxy groups -OCH3 is 2. The first kappa shape index (κ1) is 27.9. The number of nitrogens with one attached hydrogen (secondary N) is 2. The van der Waals surface area contributed by atoms with Crippen molar-refractivity contribution in [2.75, 3.05) is 32.6 Å². The number of anilines is 1. The number of fused-ring (bicyclic) bond motifs is 1. The van der Waals surface area contributed by atoms with Gasteiger partial charge in [0.05, 0.1) is 25.5 Å². The lowest BCUT2D eigenvalue weighted by Gasteiger charge is -2.28. The predicted octanol–water partition coefficient (Wildman–Crippen LogP) is 5.49. The Morgan fingerprint density at radius 2 is 1.49 bits per heavy atom. The highest BCUT2D eigenvalue weighted by Crippen LogP contribution is 2.27. The Hall–Kier alpha value is -4.62. The van der Waals surface area contributed by atoms with Crippen LogP contribution in [-0.4, -0.2) is 44.0 Å². The first-order valence-electron chi connectivity index (χ1n) is 13.8. The van der Waals surface area contributed by atoms with Crippen molar-refractivity contribution in [1.29, 1.82) is 0 Å². The number of carbonyl (C=O) groups is 2. The monoisotopic (exact) mass is 549 g/mol. The minimum atomic E-state index is -0.256. The van der Waals surface area contributed by atoms with Crippen LogP contribution < -0.4 is 20.1 Å². The van der Waals surface area contributed by atoms with Crippen LogP contribution >= 0.6 is 0 Å². The summed E-state index contributed by atoms with van der Waals surface area (Å²) in [5.41, 5.74) is 6.42. The first-order valence-corrected chi connectivity index (χ1v) is 13.8. The van der Waals surface area contributed by atoms with Crippen molar-refractivity contribution in [3.63, 3.8) is 0 Å². The van der Waals surface area contributed by atoms with E-state index in [1.54, 1.807) is 38.5 Å². The number of amides is 2. The number of para-hydroxylation sites is 1. The normalized spacial score (nSPS) is 12.7. The highest BCUT2D eigenvalue weighted by Gasteiger charge is 2.17. The van der Waals surface area contributed by atoms with E-state index in [2.05, 4.69) is 39.8 Å². The van der Waals surface area contributed by atoms with E-state index in [-0.39, 0.29) is 11.8 Å². The summed E-state index contributed by atoms with van der Waals surface area (Å²) in [4.78, 5) is 28.5. The van der Waals surface area contributed by atoms with Gasteiger partial charge >= 0.3 is 0 Å². The lowest BCUT2D eigenvalue weighted by atomic mass is 9.99. The zero-order chi connectivity index (χ0) is 28.6. The van der Waals surface area contributed by atoms with Crippen molar-refractivity contribution in [3.8, 4) is 11.5 Å². The smallest absolute Gasteiger partial charge is 0.255 e. The van der Waals surface area contributed by atoms with Gasteiger partial charge in [0.15, 0.2) is 11.5 Å². The molecule has 1 aliphatic heterocycles. The molecule has 41 heavy (non-hydrogen) atoms. The number of ether oxygens (including phenoxy) is 2. The quantitative estimate of drug-likeness (QED) is 0.274. The van der Waals surface area contributed by atoms with E-state index in [4.69, 9.17) is 9.47 Å². The van der Waals surface area contributed by atoms with Gasteiger partial charge in [0.2, 0.25) is 0 Å². The van der Waals surface area contributed by atoms with Crippen LogP contribution in [0.4, 0.5) is 5.69 Å². The van der Waals surface area contributed by atoms with Crippen LogP contribution in [0.3, 0.4) is 0 Å². The number of benzene rings is 4. The van der Waals surface area contributed by atoms with Crippen LogP contribution in [0.15, 0.2) is 91.0 Å². The molecule has 0 radical (unpaired) electrons. The summed E-state index contributed by atoms with van der Waals surface area (Å²) in [6.45, 7) is 3.22. The zero-order valence-electron chi connectivity index (χ0n) is 23.5. The fourth-order valence-corrected chi connectivity index (χ4v) is 5.15. The Kier molecular flexibility index (Phi) is 8.96. The van der Waals surface area contributed by atoms with Crippen molar-refractivity contribution >= 4 is 17.5 Å². The van der Waals surface area contributed by atoms with Gasteiger partial charge in [-0.3, -0.25) is 14.5 Å². The van der Waals surface area contributed by atoms with Crippen molar-refractivity contribution in [2.45, 2.75) is 25.9 Å². The maximum atomic E-state index is 13.1. The molecule has 0 spiro atoms. The van der Waals surface area contributed by atoms with Gasteiger partial charge in [-0.15, -0.1) is 0 Å². The van der Waals surface area contributed by atoms with Gasteiger partial charge < -0.3 is 20.1 Å². The van der Waals surface area contributed by atoms with E-state index >= 15 is 0 Å². The Labute approximate surface area is 241 Å². The van der Waals surface area contributed by atoms with Gasteiger partial charge in [-0.05, 0) is 71.5 Å². The molecule has 1 aliphatic rings. The van der Waals surface area contributed by atoms with Crippen molar-refractivity contribution < 1.29 is 19.1 Å². The fourth-order valence-electron chi connectivity index (χ4n) is 5.15. The van der Waals surface area contributed by atoms with Gasteiger partial charge in [0, 0.05) is 31.7 Å². The molecule has 7 heteroatoms. The third kappa shape index (κ3) is 6.94. The summed E-state index contributed by atoms with van der Waals surface area (Å²) in [5.74, 6) is 0.802. The molecule has 0 saturated heterocycles. The molecule has 4 aromatic carbocycles. The predicted molar refractivity (Wildman–Crippen MR) is 161 cm³/mol. The van der Waals surface area contributed by atoms with Gasteiger partial charge in [-0.25, -0.2) is 0 Å². The lowest BCUT2D eigenvalue weighted by Crippen LogP contribution is -2.30. The molecule has 5 rings (SSSR count). The van der Waals surface area contributed by atoms with Crippen LogP contribution in [-0.2, 0) is 25.9 Å². The van der Waals surface area contributed by atoms with Crippen LogP contribution in [0, 0.1) is 0 Å². The van der Waals surface area contributed by atoms with Gasteiger partial charge in [-0.1, -0.05) is 54.6 Å². The molecule has 0 fully saturated rings. The van der Waals surface area contributed by atoms with Crippen LogP contribution in [0.1, 0.15) is 43.0 Å². The van der Waals surface area contributed by atoms with E-state index in [0.29, 0.717) is 41.3 Å². The number of hydrogen-bond donors (Lipinski definition) is 2. The standard InChI is InChI=1S/C34H35N3O4/c1-40-31-16-13-24(21-32(31)41-2)17-19-35-34(39)29-9-5-6-10-30(29)36-33(38)27-14-11-25(12-15-27)22-37-20-18-26-7-3-4-8-28(26)23-37/h3-16,21H,17-20,22-23H2,1-2H3,(H,35,39)(H,36,38). The summed E-state index contributed by atoms with van der Waals surface area (Å²) in [5, 5.41) is 5.87. The molecule has 0 aromatic heterocycles. The molecule has 0 saturated carbocycles. The largest absolute Gasteiger partial charge is 0.493 e. The molecule has 0 unspecified atom stereocenters.